The van der Waals surface area contributed by atoms with Crippen LogP contribution in [0.15, 0.2) is 24.3 Å². The highest BCUT2D eigenvalue weighted by molar-refractivity contribution is 6.30. The summed E-state index contributed by atoms with van der Waals surface area (Å²) in [5.74, 6) is 0.443. The maximum atomic E-state index is 12.2. The van der Waals surface area contributed by atoms with Crippen LogP contribution in [0.1, 0.15) is 25.3 Å². The Hall–Kier alpha value is -1.26. The van der Waals surface area contributed by atoms with Gasteiger partial charge in [0.2, 0.25) is 0 Å². The van der Waals surface area contributed by atoms with Gasteiger partial charge in [0, 0.05) is 17.5 Å². The zero-order chi connectivity index (χ0) is 14.9. The SMILES string of the molecule is CC1(C2CCNCC2)CN(Cc2ccc(Cl)cc2)C(=O)O1. The van der Waals surface area contributed by atoms with Gasteiger partial charge in [-0.25, -0.2) is 4.79 Å². The molecule has 21 heavy (non-hydrogen) atoms. The van der Waals surface area contributed by atoms with Crippen LogP contribution in [0.4, 0.5) is 4.79 Å². The van der Waals surface area contributed by atoms with Crippen molar-refractivity contribution in [3.63, 3.8) is 0 Å². The number of hydrogen-bond acceptors (Lipinski definition) is 3. The Morgan fingerprint density at radius 2 is 2.00 bits per heavy atom. The van der Waals surface area contributed by atoms with Crippen LogP contribution in [0.25, 0.3) is 0 Å². The number of nitrogens with one attached hydrogen (secondary N) is 1. The minimum absolute atomic E-state index is 0.203. The Morgan fingerprint density at radius 1 is 1.33 bits per heavy atom. The molecule has 0 saturated carbocycles. The molecule has 2 fully saturated rings. The van der Waals surface area contributed by atoms with Crippen LogP contribution in [0, 0.1) is 5.92 Å². The quantitative estimate of drug-likeness (QED) is 0.933. The first-order chi connectivity index (χ1) is 10.1. The van der Waals surface area contributed by atoms with Crippen LogP contribution < -0.4 is 5.32 Å². The highest BCUT2D eigenvalue weighted by Gasteiger charge is 2.46. The number of ether oxygens (including phenoxy) is 1. The van der Waals surface area contributed by atoms with E-state index >= 15 is 0 Å². The molecule has 0 aliphatic carbocycles. The number of benzene rings is 1. The van der Waals surface area contributed by atoms with E-state index in [0.29, 0.717) is 24.0 Å². The van der Waals surface area contributed by atoms with Crippen LogP contribution in [0.2, 0.25) is 5.02 Å². The molecule has 1 N–H and O–H groups in total. The molecule has 1 aromatic rings. The van der Waals surface area contributed by atoms with Crippen molar-refractivity contribution in [3.8, 4) is 0 Å². The standard InChI is InChI=1S/C16H21ClN2O2/c1-16(13-6-8-18-9-7-13)11-19(15(20)21-16)10-12-2-4-14(17)5-3-12/h2-5,13,18H,6-11H2,1H3. The molecule has 114 valence electrons. The predicted molar refractivity (Wildman–Crippen MR) is 82.3 cm³/mol. The number of amides is 1. The maximum Gasteiger partial charge on any atom is 0.410 e. The summed E-state index contributed by atoms with van der Waals surface area (Å²) < 4.78 is 5.73. The number of hydrogen-bond donors (Lipinski definition) is 1. The molecule has 4 nitrogen and oxygen atoms in total. The summed E-state index contributed by atoms with van der Waals surface area (Å²) in [6.45, 7) is 5.34. The lowest BCUT2D eigenvalue weighted by Gasteiger charge is -2.34. The number of halogens is 1. The molecule has 0 radical (unpaired) electrons. The van der Waals surface area contributed by atoms with E-state index in [1.54, 1.807) is 4.90 Å². The Kier molecular flexibility index (Phi) is 4.09. The van der Waals surface area contributed by atoms with Gasteiger partial charge in [-0.3, -0.25) is 4.90 Å². The minimum atomic E-state index is -0.356. The van der Waals surface area contributed by atoms with Crippen molar-refractivity contribution >= 4 is 17.7 Å². The van der Waals surface area contributed by atoms with Gasteiger partial charge in [-0.1, -0.05) is 23.7 Å². The van der Waals surface area contributed by atoms with Crippen molar-refractivity contribution in [2.75, 3.05) is 19.6 Å². The van der Waals surface area contributed by atoms with Crippen LogP contribution >= 0.6 is 11.6 Å². The highest BCUT2D eigenvalue weighted by Crippen LogP contribution is 2.35. The zero-order valence-electron chi connectivity index (χ0n) is 12.3. The fourth-order valence-electron chi connectivity index (χ4n) is 3.32. The fourth-order valence-corrected chi connectivity index (χ4v) is 3.44. The molecule has 5 heteroatoms. The number of piperidine rings is 1. The topological polar surface area (TPSA) is 41.6 Å². The molecule has 0 bridgehead atoms. The van der Waals surface area contributed by atoms with Crippen molar-refractivity contribution in [1.29, 1.82) is 0 Å². The van der Waals surface area contributed by atoms with Gasteiger partial charge in [0.25, 0.3) is 0 Å². The molecule has 1 atom stereocenters. The van der Waals surface area contributed by atoms with Crippen LogP contribution in [-0.4, -0.2) is 36.2 Å². The van der Waals surface area contributed by atoms with Gasteiger partial charge in [0.05, 0.1) is 6.54 Å². The molecular weight excluding hydrogens is 288 g/mol. The zero-order valence-corrected chi connectivity index (χ0v) is 13.0. The normalized spacial score (nSPS) is 27.0. The summed E-state index contributed by atoms with van der Waals surface area (Å²) in [5, 5.41) is 4.07. The third kappa shape index (κ3) is 3.16. The fraction of sp³-hybridized carbons (Fsp3) is 0.562. The molecule has 0 aromatic heterocycles. The summed E-state index contributed by atoms with van der Waals surface area (Å²) >= 11 is 5.89. The van der Waals surface area contributed by atoms with Crippen molar-refractivity contribution in [2.45, 2.75) is 31.9 Å². The summed E-state index contributed by atoms with van der Waals surface area (Å²) in [5.41, 5.74) is 0.719. The van der Waals surface area contributed by atoms with E-state index in [0.717, 1.165) is 31.5 Å². The van der Waals surface area contributed by atoms with Gasteiger partial charge < -0.3 is 10.1 Å². The minimum Gasteiger partial charge on any atom is -0.441 e. The second-order valence-electron chi connectivity index (χ2n) is 6.19. The van der Waals surface area contributed by atoms with Crippen LogP contribution in [0.5, 0.6) is 0 Å². The van der Waals surface area contributed by atoms with Gasteiger partial charge in [-0.05, 0) is 50.6 Å². The third-order valence-electron chi connectivity index (χ3n) is 4.57. The third-order valence-corrected chi connectivity index (χ3v) is 4.82. The summed E-state index contributed by atoms with van der Waals surface area (Å²) in [7, 11) is 0. The van der Waals surface area contributed by atoms with E-state index in [9.17, 15) is 4.79 Å². The molecule has 3 rings (SSSR count). The van der Waals surface area contributed by atoms with E-state index in [4.69, 9.17) is 16.3 Å². The molecule has 2 saturated heterocycles. The van der Waals surface area contributed by atoms with Crippen molar-refractivity contribution in [1.82, 2.24) is 10.2 Å². The van der Waals surface area contributed by atoms with Gasteiger partial charge >= 0.3 is 6.09 Å². The Labute approximate surface area is 130 Å². The highest BCUT2D eigenvalue weighted by atomic mass is 35.5. The van der Waals surface area contributed by atoms with Crippen LogP contribution in [0.3, 0.4) is 0 Å². The first-order valence-corrected chi connectivity index (χ1v) is 7.88. The summed E-state index contributed by atoms with van der Waals surface area (Å²) in [6.07, 6.45) is 1.93. The van der Waals surface area contributed by atoms with E-state index in [1.807, 2.05) is 24.3 Å². The first kappa shape index (κ1) is 14.7. The van der Waals surface area contributed by atoms with Gasteiger partial charge in [-0.2, -0.15) is 0 Å². The molecule has 1 amide bonds. The second-order valence-corrected chi connectivity index (χ2v) is 6.62. The van der Waals surface area contributed by atoms with E-state index in [2.05, 4.69) is 12.2 Å². The number of rotatable bonds is 3. The maximum absolute atomic E-state index is 12.2. The lowest BCUT2D eigenvalue weighted by Crippen LogP contribution is -2.44. The summed E-state index contributed by atoms with van der Waals surface area (Å²) in [6, 6.07) is 7.61. The molecule has 2 aliphatic rings. The largest absolute Gasteiger partial charge is 0.441 e. The molecule has 1 unspecified atom stereocenters. The van der Waals surface area contributed by atoms with Gasteiger partial charge in [0.1, 0.15) is 5.60 Å². The lowest BCUT2D eigenvalue weighted by atomic mass is 9.82. The van der Waals surface area contributed by atoms with Gasteiger partial charge in [-0.15, -0.1) is 0 Å². The lowest BCUT2D eigenvalue weighted by molar-refractivity contribution is 0.00943. The number of nitrogens with zero attached hydrogens (tertiary/aromatic N) is 1. The number of carbonyl (C=O) groups is 1. The van der Waals surface area contributed by atoms with E-state index in [-0.39, 0.29) is 11.7 Å². The number of cyclic esters (lactones) is 1. The molecule has 2 heterocycles. The molecule has 0 spiro atoms. The Morgan fingerprint density at radius 3 is 2.67 bits per heavy atom. The van der Waals surface area contributed by atoms with Gasteiger partial charge in [0.15, 0.2) is 0 Å². The van der Waals surface area contributed by atoms with Crippen LogP contribution in [-0.2, 0) is 11.3 Å². The second kappa shape index (κ2) is 5.85. The van der Waals surface area contributed by atoms with Crippen molar-refractivity contribution in [2.24, 2.45) is 5.92 Å². The predicted octanol–water partition coefficient (Wildman–Crippen LogP) is 3.05. The molecule has 1 aromatic carbocycles. The number of carbonyl (C=O) groups excluding carboxylic acids is 1. The van der Waals surface area contributed by atoms with Crippen molar-refractivity contribution in [3.05, 3.63) is 34.9 Å². The smallest absolute Gasteiger partial charge is 0.410 e. The summed E-state index contributed by atoms with van der Waals surface area (Å²) in [4.78, 5) is 14.0. The average Bonchev–Trinajstić information content (AvgIpc) is 2.78. The Balaban J connectivity index is 1.67. The van der Waals surface area contributed by atoms with Crippen molar-refractivity contribution < 1.29 is 9.53 Å². The van der Waals surface area contributed by atoms with E-state index in [1.165, 1.54) is 0 Å². The van der Waals surface area contributed by atoms with E-state index < -0.39 is 0 Å². The molecular formula is C16H21ClN2O2. The molecule has 2 aliphatic heterocycles. The average molecular weight is 309 g/mol. The first-order valence-electron chi connectivity index (χ1n) is 7.50. The Bertz CT molecular complexity index is 514. The monoisotopic (exact) mass is 308 g/mol.